The molecule has 2 atom stereocenters. The van der Waals surface area contributed by atoms with Gasteiger partial charge in [0, 0.05) is 11.8 Å². The molecule has 3 rings (SSSR count). The summed E-state index contributed by atoms with van der Waals surface area (Å²) >= 11 is 0. The van der Waals surface area contributed by atoms with E-state index in [0.29, 0.717) is 0 Å². The molecule has 1 fully saturated rings. The standard InChI is InChI=1S/C16H16O2S/c17-19(18)11-15(13-7-3-1-4-8-13)16(12-19)14-9-5-2-6-10-14/h1-10,15-16H,11-12H2. The van der Waals surface area contributed by atoms with Crippen molar-refractivity contribution >= 4 is 9.84 Å². The average Bonchev–Trinajstić information content (AvgIpc) is 2.77. The lowest BCUT2D eigenvalue weighted by Gasteiger charge is -2.18. The molecule has 1 aliphatic heterocycles. The van der Waals surface area contributed by atoms with Gasteiger partial charge in [-0.3, -0.25) is 0 Å². The number of sulfone groups is 1. The van der Waals surface area contributed by atoms with E-state index in [-0.39, 0.29) is 23.3 Å². The van der Waals surface area contributed by atoms with E-state index < -0.39 is 9.84 Å². The molecule has 2 aromatic rings. The van der Waals surface area contributed by atoms with Crippen LogP contribution >= 0.6 is 0 Å². The maximum absolute atomic E-state index is 12.0. The Hall–Kier alpha value is -1.61. The van der Waals surface area contributed by atoms with Gasteiger partial charge in [0.15, 0.2) is 9.84 Å². The highest BCUT2D eigenvalue weighted by molar-refractivity contribution is 7.91. The lowest BCUT2D eigenvalue weighted by molar-refractivity contribution is 0.601. The van der Waals surface area contributed by atoms with Gasteiger partial charge in [-0.15, -0.1) is 0 Å². The molecular weight excluding hydrogens is 256 g/mol. The smallest absolute Gasteiger partial charge is 0.151 e. The van der Waals surface area contributed by atoms with Crippen molar-refractivity contribution in [3.63, 3.8) is 0 Å². The van der Waals surface area contributed by atoms with Crippen molar-refractivity contribution in [2.24, 2.45) is 0 Å². The van der Waals surface area contributed by atoms with Crippen LogP contribution in [0.15, 0.2) is 60.7 Å². The van der Waals surface area contributed by atoms with Gasteiger partial charge in [-0.2, -0.15) is 0 Å². The first-order chi connectivity index (χ1) is 9.16. The first-order valence-corrected chi connectivity index (χ1v) is 8.28. The van der Waals surface area contributed by atoms with Crippen LogP contribution < -0.4 is 0 Å². The number of hydrogen-bond donors (Lipinski definition) is 0. The summed E-state index contributed by atoms with van der Waals surface area (Å²) in [6, 6.07) is 19.9. The minimum atomic E-state index is -2.94. The summed E-state index contributed by atoms with van der Waals surface area (Å²) in [4.78, 5) is 0. The molecule has 0 spiro atoms. The van der Waals surface area contributed by atoms with E-state index in [1.54, 1.807) is 0 Å². The number of hydrogen-bond acceptors (Lipinski definition) is 2. The SMILES string of the molecule is O=S1(=O)CC(c2ccccc2)C(c2ccccc2)C1. The van der Waals surface area contributed by atoms with Crippen LogP contribution in [0.2, 0.25) is 0 Å². The zero-order valence-corrected chi connectivity index (χ0v) is 11.4. The molecule has 0 saturated carbocycles. The van der Waals surface area contributed by atoms with E-state index in [1.165, 1.54) is 0 Å². The van der Waals surface area contributed by atoms with E-state index in [2.05, 4.69) is 0 Å². The molecule has 2 nitrogen and oxygen atoms in total. The van der Waals surface area contributed by atoms with Crippen LogP contribution in [-0.4, -0.2) is 19.9 Å². The first kappa shape index (κ1) is 12.4. The molecule has 0 bridgehead atoms. The molecule has 1 saturated heterocycles. The summed E-state index contributed by atoms with van der Waals surface area (Å²) in [5.74, 6) is 0.676. The number of rotatable bonds is 2. The predicted molar refractivity (Wildman–Crippen MR) is 77.0 cm³/mol. The minimum Gasteiger partial charge on any atom is -0.229 e. The van der Waals surface area contributed by atoms with E-state index in [4.69, 9.17) is 0 Å². The van der Waals surface area contributed by atoms with Gasteiger partial charge in [-0.1, -0.05) is 60.7 Å². The molecule has 19 heavy (non-hydrogen) atoms. The lowest BCUT2D eigenvalue weighted by Crippen LogP contribution is -2.08. The van der Waals surface area contributed by atoms with Crippen molar-refractivity contribution in [2.75, 3.05) is 11.5 Å². The molecule has 0 amide bonds. The fourth-order valence-corrected chi connectivity index (χ4v) is 4.98. The van der Waals surface area contributed by atoms with Crippen molar-refractivity contribution in [1.82, 2.24) is 0 Å². The van der Waals surface area contributed by atoms with Crippen molar-refractivity contribution in [3.05, 3.63) is 71.8 Å². The van der Waals surface area contributed by atoms with Crippen LogP contribution in [0.1, 0.15) is 23.0 Å². The van der Waals surface area contributed by atoms with Crippen molar-refractivity contribution in [2.45, 2.75) is 11.8 Å². The Morgan fingerprint density at radius 2 is 1.05 bits per heavy atom. The third-order valence-corrected chi connectivity index (χ3v) is 5.54. The summed E-state index contributed by atoms with van der Waals surface area (Å²) in [5.41, 5.74) is 2.25. The molecular formula is C16H16O2S. The minimum absolute atomic E-state index is 0.0774. The zero-order valence-electron chi connectivity index (χ0n) is 10.6. The van der Waals surface area contributed by atoms with Gasteiger partial charge in [0.25, 0.3) is 0 Å². The van der Waals surface area contributed by atoms with Gasteiger partial charge < -0.3 is 0 Å². The molecule has 98 valence electrons. The molecule has 1 aliphatic rings. The van der Waals surface area contributed by atoms with Gasteiger partial charge >= 0.3 is 0 Å². The maximum atomic E-state index is 12.0. The van der Waals surface area contributed by atoms with Crippen LogP contribution in [0.3, 0.4) is 0 Å². The van der Waals surface area contributed by atoms with Crippen LogP contribution in [0, 0.1) is 0 Å². The first-order valence-electron chi connectivity index (χ1n) is 6.46. The quantitative estimate of drug-likeness (QED) is 0.842. The third-order valence-electron chi connectivity index (χ3n) is 3.81. The maximum Gasteiger partial charge on any atom is 0.151 e. The van der Waals surface area contributed by atoms with Gasteiger partial charge in [-0.05, 0) is 11.1 Å². The monoisotopic (exact) mass is 272 g/mol. The molecule has 1 heterocycles. The van der Waals surface area contributed by atoms with Crippen LogP contribution in [0.25, 0.3) is 0 Å². The normalized spacial score (nSPS) is 25.3. The topological polar surface area (TPSA) is 34.1 Å². The summed E-state index contributed by atoms with van der Waals surface area (Å²) in [6.45, 7) is 0. The molecule has 3 heteroatoms. The summed E-state index contributed by atoms with van der Waals surface area (Å²) in [6.07, 6.45) is 0. The van der Waals surface area contributed by atoms with Crippen LogP contribution in [-0.2, 0) is 9.84 Å². The van der Waals surface area contributed by atoms with E-state index >= 15 is 0 Å². The molecule has 0 N–H and O–H groups in total. The Morgan fingerprint density at radius 1 is 0.684 bits per heavy atom. The molecule has 0 radical (unpaired) electrons. The third kappa shape index (κ3) is 2.56. The van der Waals surface area contributed by atoms with Crippen molar-refractivity contribution in [3.8, 4) is 0 Å². The Kier molecular flexibility index (Phi) is 3.15. The lowest BCUT2D eigenvalue weighted by atomic mass is 9.84. The van der Waals surface area contributed by atoms with E-state index in [1.807, 2.05) is 60.7 Å². The van der Waals surface area contributed by atoms with Gasteiger partial charge in [-0.25, -0.2) is 8.42 Å². The van der Waals surface area contributed by atoms with E-state index in [9.17, 15) is 8.42 Å². The second kappa shape index (κ2) is 4.82. The zero-order chi connectivity index (χ0) is 13.3. The fraction of sp³-hybridized carbons (Fsp3) is 0.250. The Balaban J connectivity index is 2.02. The summed E-state index contributed by atoms with van der Waals surface area (Å²) in [7, 11) is -2.94. The second-order valence-electron chi connectivity index (χ2n) is 5.11. The highest BCUT2D eigenvalue weighted by Crippen LogP contribution is 2.40. The Bertz CT molecular complexity index is 594. The van der Waals surface area contributed by atoms with Gasteiger partial charge in [0.2, 0.25) is 0 Å². The largest absolute Gasteiger partial charge is 0.229 e. The summed E-state index contributed by atoms with van der Waals surface area (Å²) in [5, 5.41) is 0. The highest BCUT2D eigenvalue weighted by atomic mass is 32.2. The Morgan fingerprint density at radius 3 is 1.42 bits per heavy atom. The molecule has 0 aromatic heterocycles. The predicted octanol–water partition coefficient (Wildman–Crippen LogP) is 2.98. The van der Waals surface area contributed by atoms with Crippen LogP contribution in [0.4, 0.5) is 0 Å². The number of benzene rings is 2. The Labute approximate surface area is 114 Å². The summed E-state index contributed by atoms with van der Waals surface area (Å²) < 4.78 is 24.0. The molecule has 2 aromatic carbocycles. The van der Waals surface area contributed by atoms with E-state index in [0.717, 1.165) is 11.1 Å². The average molecular weight is 272 g/mol. The van der Waals surface area contributed by atoms with Crippen LogP contribution in [0.5, 0.6) is 0 Å². The fourth-order valence-electron chi connectivity index (χ4n) is 2.91. The highest BCUT2D eigenvalue weighted by Gasteiger charge is 2.39. The molecule has 0 aliphatic carbocycles. The van der Waals surface area contributed by atoms with Gasteiger partial charge in [0.1, 0.15) is 0 Å². The van der Waals surface area contributed by atoms with Gasteiger partial charge in [0.05, 0.1) is 11.5 Å². The van der Waals surface area contributed by atoms with Crippen molar-refractivity contribution < 1.29 is 8.42 Å². The second-order valence-corrected chi connectivity index (χ2v) is 7.27. The molecule has 2 unspecified atom stereocenters. The van der Waals surface area contributed by atoms with Crippen molar-refractivity contribution in [1.29, 1.82) is 0 Å².